The molecule has 2 aromatic carbocycles. The summed E-state index contributed by atoms with van der Waals surface area (Å²) in [6.45, 7) is 6.11. The molecule has 0 fully saturated rings. The van der Waals surface area contributed by atoms with Gasteiger partial charge < -0.3 is 0 Å². The van der Waals surface area contributed by atoms with Crippen molar-refractivity contribution in [3.8, 4) is 0 Å². The molecule has 0 saturated heterocycles. The molecule has 0 aliphatic rings. The molecule has 0 atom stereocenters. The first-order valence-corrected chi connectivity index (χ1v) is 17.6. The van der Waals surface area contributed by atoms with E-state index in [-0.39, 0.29) is 0 Å². The van der Waals surface area contributed by atoms with Crippen LogP contribution in [0, 0.1) is 0 Å². The van der Waals surface area contributed by atoms with Crippen molar-refractivity contribution in [2.75, 3.05) is 13.2 Å². The molecular formula is C22H32HfO2. The van der Waals surface area contributed by atoms with E-state index in [0.29, 0.717) is 0 Å². The monoisotopic (exact) mass is 508 g/mol. The van der Waals surface area contributed by atoms with Crippen LogP contribution in [0.2, 0.25) is 0 Å². The second-order valence-corrected chi connectivity index (χ2v) is 17.8. The van der Waals surface area contributed by atoms with Crippen LogP contribution in [-0.2, 0) is 34.9 Å². The van der Waals surface area contributed by atoms with Gasteiger partial charge in [-0.3, -0.25) is 0 Å². The van der Waals surface area contributed by atoms with Crippen molar-refractivity contribution in [1.82, 2.24) is 0 Å². The Morgan fingerprint density at radius 3 is 1.40 bits per heavy atom. The third-order valence-electron chi connectivity index (χ3n) is 4.36. The summed E-state index contributed by atoms with van der Waals surface area (Å²) in [7, 11) is 0. The van der Waals surface area contributed by atoms with Gasteiger partial charge in [0.2, 0.25) is 0 Å². The molecule has 0 aromatic heterocycles. The van der Waals surface area contributed by atoms with Crippen molar-refractivity contribution in [3.63, 3.8) is 0 Å². The topological polar surface area (TPSA) is 18.5 Å². The summed E-state index contributed by atoms with van der Waals surface area (Å²) in [5.74, 6) is 0. The number of hydrogen-bond donors (Lipinski definition) is 0. The molecule has 25 heavy (non-hydrogen) atoms. The zero-order valence-corrected chi connectivity index (χ0v) is 19.3. The first-order valence-electron chi connectivity index (χ1n) is 9.64. The molecular weight excluding hydrogens is 475 g/mol. The van der Waals surface area contributed by atoms with Crippen LogP contribution in [0.25, 0.3) is 0 Å². The number of unbranched alkanes of at least 4 members (excludes halogenated alkanes) is 2. The predicted molar refractivity (Wildman–Crippen MR) is 102 cm³/mol. The molecule has 2 nitrogen and oxygen atoms in total. The van der Waals surface area contributed by atoms with Gasteiger partial charge in [-0.15, -0.1) is 0 Å². The average molecular weight is 507 g/mol. The van der Waals surface area contributed by atoms with E-state index in [1.807, 2.05) is 0 Å². The molecule has 0 amide bonds. The van der Waals surface area contributed by atoms with Gasteiger partial charge >= 0.3 is 159 Å². The zero-order chi connectivity index (χ0) is 17.8. The Hall–Kier alpha value is -0.770. The Labute approximate surface area is 159 Å². The molecule has 0 radical (unpaired) electrons. The SMILES string of the molecule is CCCC[O][Hf]([CH2]c1ccccc1)([CH2]c1ccccc1)[O]CCCC. The van der Waals surface area contributed by atoms with Crippen LogP contribution in [0.3, 0.4) is 0 Å². The molecule has 0 bridgehead atoms. The van der Waals surface area contributed by atoms with E-state index in [2.05, 4.69) is 74.5 Å². The van der Waals surface area contributed by atoms with Crippen molar-refractivity contribution in [2.24, 2.45) is 0 Å². The van der Waals surface area contributed by atoms with Gasteiger partial charge in [-0.1, -0.05) is 0 Å². The van der Waals surface area contributed by atoms with E-state index in [1.165, 1.54) is 11.1 Å². The molecule has 0 saturated carbocycles. The van der Waals surface area contributed by atoms with E-state index < -0.39 is 20.8 Å². The minimum absolute atomic E-state index is 0.837. The van der Waals surface area contributed by atoms with Crippen molar-refractivity contribution in [3.05, 3.63) is 71.8 Å². The summed E-state index contributed by atoms with van der Waals surface area (Å²) in [5, 5.41) is 0. The summed E-state index contributed by atoms with van der Waals surface area (Å²) in [6.07, 6.45) is 4.55. The molecule has 2 aromatic rings. The zero-order valence-electron chi connectivity index (χ0n) is 15.7. The third kappa shape index (κ3) is 7.55. The van der Waals surface area contributed by atoms with E-state index >= 15 is 0 Å². The fourth-order valence-electron chi connectivity index (χ4n) is 2.93. The van der Waals surface area contributed by atoms with Crippen LogP contribution in [0.1, 0.15) is 50.7 Å². The fourth-order valence-corrected chi connectivity index (χ4v) is 15.0. The van der Waals surface area contributed by atoms with E-state index in [9.17, 15) is 0 Å². The molecule has 136 valence electrons. The van der Waals surface area contributed by atoms with Crippen molar-refractivity contribution in [2.45, 2.75) is 47.9 Å². The Morgan fingerprint density at radius 1 is 0.640 bits per heavy atom. The maximum absolute atomic E-state index is 6.62. The van der Waals surface area contributed by atoms with Gasteiger partial charge in [0.15, 0.2) is 0 Å². The van der Waals surface area contributed by atoms with Crippen molar-refractivity contribution >= 4 is 0 Å². The maximum atomic E-state index is 6.62. The second-order valence-electron chi connectivity index (χ2n) is 6.64. The van der Waals surface area contributed by atoms with Gasteiger partial charge in [0.25, 0.3) is 0 Å². The summed E-state index contributed by atoms with van der Waals surface area (Å²) >= 11 is -3.41. The fraction of sp³-hybridized carbons (Fsp3) is 0.455. The van der Waals surface area contributed by atoms with Gasteiger partial charge in [-0.25, -0.2) is 0 Å². The first kappa shape index (κ1) is 20.5. The van der Waals surface area contributed by atoms with Crippen LogP contribution < -0.4 is 0 Å². The molecule has 0 aliphatic heterocycles. The first-order chi connectivity index (χ1) is 12.3. The standard InChI is InChI=1S/2C7H7.2C4H9O.Hf/c2*1-7-5-3-2-4-6-7;2*1-2-3-4-5;/h2*2-6H,1H2;2*2-4H2,1H3;/q;;2*-1;+2. The molecule has 0 aliphatic carbocycles. The number of rotatable bonds is 12. The molecule has 0 unspecified atom stereocenters. The second kappa shape index (κ2) is 11.8. The van der Waals surface area contributed by atoms with E-state index in [4.69, 9.17) is 5.71 Å². The Bertz CT molecular complexity index is 518. The predicted octanol–water partition coefficient (Wildman–Crippen LogP) is 6.00. The summed E-state index contributed by atoms with van der Waals surface area (Å²) in [6, 6.07) is 21.5. The van der Waals surface area contributed by atoms with Crippen LogP contribution in [0.4, 0.5) is 0 Å². The van der Waals surface area contributed by atoms with Crippen LogP contribution in [0.15, 0.2) is 60.7 Å². The number of benzene rings is 2. The Balaban J connectivity index is 2.22. The van der Waals surface area contributed by atoms with Crippen molar-refractivity contribution < 1.29 is 26.6 Å². The summed E-state index contributed by atoms with van der Waals surface area (Å²) in [4.78, 5) is 0. The average Bonchev–Trinajstić information content (AvgIpc) is 2.64. The summed E-state index contributed by atoms with van der Waals surface area (Å²) < 4.78 is 15.2. The van der Waals surface area contributed by atoms with Crippen LogP contribution >= 0.6 is 0 Å². The van der Waals surface area contributed by atoms with Gasteiger partial charge in [0, 0.05) is 0 Å². The molecule has 3 heteroatoms. The molecule has 0 heterocycles. The van der Waals surface area contributed by atoms with Gasteiger partial charge in [-0.2, -0.15) is 0 Å². The quantitative estimate of drug-likeness (QED) is 0.259. The molecule has 2 rings (SSSR count). The van der Waals surface area contributed by atoms with Crippen molar-refractivity contribution in [1.29, 1.82) is 0 Å². The normalized spacial score (nSPS) is 11.6. The van der Waals surface area contributed by atoms with E-state index in [0.717, 1.165) is 47.3 Å². The van der Waals surface area contributed by atoms with Crippen LogP contribution in [-0.4, -0.2) is 13.2 Å². The minimum atomic E-state index is -3.41. The Kier molecular flexibility index (Phi) is 9.67. The van der Waals surface area contributed by atoms with Crippen LogP contribution in [0.5, 0.6) is 0 Å². The van der Waals surface area contributed by atoms with E-state index in [1.54, 1.807) is 0 Å². The van der Waals surface area contributed by atoms with Gasteiger partial charge in [0.1, 0.15) is 0 Å². The van der Waals surface area contributed by atoms with Gasteiger partial charge in [0.05, 0.1) is 0 Å². The Morgan fingerprint density at radius 2 is 1.04 bits per heavy atom. The third-order valence-corrected chi connectivity index (χ3v) is 16.4. The molecule has 0 spiro atoms. The molecule has 0 N–H and O–H groups in total. The van der Waals surface area contributed by atoms with Gasteiger partial charge in [-0.05, 0) is 0 Å². The summed E-state index contributed by atoms with van der Waals surface area (Å²) in [5.41, 5.74) is 2.71. The number of hydrogen-bond acceptors (Lipinski definition) is 2.